The molecule has 0 spiro atoms. The monoisotopic (exact) mass is 304 g/mol. The van der Waals surface area contributed by atoms with Crippen LogP contribution in [0.15, 0.2) is 0 Å². The number of halogens is 1. The molecule has 2 aliphatic rings. The number of hydrogen-bond donors (Lipinski definition) is 1. The second-order valence-electron chi connectivity index (χ2n) is 5.45. The van der Waals surface area contributed by atoms with E-state index in [4.69, 9.17) is 4.74 Å². The maximum Gasteiger partial charge on any atom is 0.328 e. The first-order valence-corrected chi connectivity index (χ1v) is 7.33. The van der Waals surface area contributed by atoms with Crippen molar-refractivity contribution in [2.45, 2.75) is 57.0 Å². The minimum atomic E-state index is -0.359. The van der Waals surface area contributed by atoms with E-state index in [1.54, 1.807) is 4.90 Å². The molecule has 2 atom stereocenters. The van der Waals surface area contributed by atoms with Gasteiger partial charge in [0, 0.05) is 19.0 Å². The van der Waals surface area contributed by atoms with Gasteiger partial charge in [-0.25, -0.2) is 4.79 Å². The maximum absolute atomic E-state index is 12.3. The molecule has 2 aliphatic heterocycles. The number of rotatable bonds is 4. The zero-order chi connectivity index (χ0) is 13.7. The molecular formula is C14H25ClN2O3. The highest BCUT2D eigenvalue weighted by atomic mass is 35.5. The van der Waals surface area contributed by atoms with Crippen LogP contribution in [-0.2, 0) is 14.3 Å². The number of carbonyl (C=O) groups is 2. The number of ether oxygens (including phenoxy) is 1. The molecule has 0 aromatic rings. The topological polar surface area (TPSA) is 58.6 Å². The van der Waals surface area contributed by atoms with Gasteiger partial charge >= 0.3 is 5.97 Å². The van der Waals surface area contributed by atoms with Crippen molar-refractivity contribution in [2.24, 2.45) is 0 Å². The van der Waals surface area contributed by atoms with Crippen LogP contribution in [0.4, 0.5) is 0 Å². The summed E-state index contributed by atoms with van der Waals surface area (Å²) in [5.41, 5.74) is 0. The average molecular weight is 305 g/mol. The Morgan fingerprint density at radius 1 is 1.25 bits per heavy atom. The van der Waals surface area contributed by atoms with Crippen LogP contribution >= 0.6 is 12.4 Å². The van der Waals surface area contributed by atoms with Crippen molar-refractivity contribution in [3.05, 3.63) is 0 Å². The largest absolute Gasteiger partial charge is 0.467 e. The summed E-state index contributed by atoms with van der Waals surface area (Å²) in [6, 6.07) is 0.119. The van der Waals surface area contributed by atoms with Crippen LogP contribution in [0.5, 0.6) is 0 Å². The minimum Gasteiger partial charge on any atom is -0.467 e. The first kappa shape index (κ1) is 17.2. The molecule has 1 N–H and O–H groups in total. The molecule has 5 nitrogen and oxygen atoms in total. The van der Waals surface area contributed by atoms with Gasteiger partial charge in [0.05, 0.1) is 7.11 Å². The molecule has 0 aliphatic carbocycles. The lowest BCUT2D eigenvalue weighted by molar-refractivity contribution is -0.154. The Morgan fingerprint density at radius 3 is 2.70 bits per heavy atom. The summed E-state index contributed by atoms with van der Waals surface area (Å²) in [6.07, 6.45) is 6.49. The standard InChI is InChI=1S/C14H24N2O3.ClH/c1-19-14(18)12-6-2-3-10-16(12)13(17)8-7-11-5-4-9-15-11;/h11-12,15H,2-10H2,1H3;1H. The van der Waals surface area contributed by atoms with E-state index in [1.165, 1.54) is 13.5 Å². The normalized spacial score (nSPS) is 25.9. The van der Waals surface area contributed by atoms with E-state index in [0.29, 0.717) is 19.0 Å². The van der Waals surface area contributed by atoms with Gasteiger partial charge < -0.3 is 15.0 Å². The van der Waals surface area contributed by atoms with Gasteiger partial charge in [0.15, 0.2) is 0 Å². The van der Waals surface area contributed by atoms with E-state index in [1.807, 2.05) is 0 Å². The van der Waals surface area contributed by atoms with E-state index in [9.17, 15) is 9.59 Å². The maximum atomic E-state index is 12.3. The van der Waals surface area contributed by atoms with Gasteiger partial charge in [0.2, 0.25) is 5.91 Å². The number of nitrogens with one attached hydrogen (secondary N) is 1. The number of likely N-dealkylation sites (tertiary alicyclic amines) is 1. The van der Waals surface area contributed by atoms with Crippen LogP contribution in [0, 0.1) is 0 Å². The number of esters is 1. The van der Waals surface area contributed by atoms with Gasteiger partial charge in [-0.1, -0.05) is 0 Å². The van der Waals surface area contributed by atoms with Gasteiger partial charge in [-0.2, -0.15) is 0 Å². The summed E-state index contributed by atoms with van der Waals surface area (Å²) in [5.74, 6) is -0.171. The number of piperidine rings is 1. The Bertz CT molecular complexity index is 332. The molecule has 6 heteroatoms. The SMILES string of the molecule is COC(=O)C1CCCCN1C(=O)CCC1CCCN1.Cl. The molecule has 2 rings (SSSR count). The molecule has 0 saturated carbocycles. The van der Waals surface area contributed by atoms with E-state index in [-0.39, 0.29) is 30.3 Å². The fourth-order valence-corrected chi connectivity index (χ4v) is 3.06. The van der Waals surface area contributed by atoms with E-state index >= 15 is 0 Å². The van der Waals surface area contributed by atoms with Crippen LogP contribution in [0.1, 0.15) is 44.9 Å². The van der Waals surface area contributed by atoms with Crippen LogP contribution in [0.25, 0.3) is 0 Å². The Kier molecular flexibility index (Phi) is 7.30. The molecule has 2 unspecified atom stereocenters. The number of nitrogens with zero attached hydrogens (tertiary/aromatic N) is 1. The Hall–Kier alpha value is -0.810. The van der Waals surface area contributed by atoms with Crippen LogP contribution in [0.3, 0.4) is 0 Å². The van der Waals surface area contributed by atoms with Crippen molar-refractivity contribution in [3.8, 4) is 0 Å². The third-order valence-electron chi connectivity index (χ3n) is 4.17. The van der Waals surface area contributed by atoms with E-state index in [2.05, 4.69) is 5.32 Å². The van der Waals surface area contributed by atoms with Crippen molar-refractivity contribution in [1.29, 1.82) is 0 Å². The first-order valence-electron chi connectivity index (χ1n) is 7.33. The summed E-state index contributed by atoms with van der Waals surface area (Å²) >= 11 is 0. The van der Waals surface area contributed by atoms with Gasteiger partial charge in [0.1, 0.15) is 6.04 Å². The number of amides is 1. The Morgan fingerprint density at radius 2 is 2.05 bits per heavy atom. The third kappa shape index (κ3) is 4.35. The van der Waals surface area contributed by atoms with Crippen LogP contribution in [-0.4, -0.2) is 49.1 Å². The van der Waals surface area contributed by atoms with Crippen molar-refractivity contribution in [1.82, 2.24) is 10.2 Å². The smallest absolute Gasteiger partial charge is 0.328 e. The summed E-state index contributed by atoms with van der Waals surface area (Å²) in [6.45, 7) is 1.75. The molecule has 1 amide bonds. The van der Waals surface area contributed by atoms with Gasteiger partial charge in [0.25, 0.3) is 0 Å². The van der Waals surface area contributed by atoms with Crippen molar-refractivity contribution >= 4 is 24.3 Å². The second-order valence-corrected chi connectivity index (χ2v) is 5.45. The highest BCUT2D eigenvalue weighted by Crippen LogP contribution is 2.20. The van der Waals surface area contributed by atoms with Crippen LogP contribution in [0.2, 0.25) is 0 Å². The molecule has 2 saturated heterocycles. The Labute approximate surface area is 126 Å². The number of hydrogen-bond acceptors (Lipinski definition) is 4. The zero-order valence-electron chi connectivity index (χ0n) is 12.1. The van der Waals surface area contributed by atoms with E-state index in [0.717, 1.165) is 38.6 Å². The first-order chi connectivity index (χ1) is 9.22. The van der Waals surface area contributed by atoms with Gasteiger partial charge in [-0.05, 0) is 45.1 Å². The zero-order valence-corrected chi connectivity index (χ0v) is 12.9. The van der Waals surface area contributed by atoms with Crippen molar-refractivity contribution in [2.75, 3.05) is 20.2 Å². The summed E-state index contributed by atoms with van der Waals surface area (Å²) in [7, 11) is 1.39. The minimum absolute atomic E-state index is 0. The molecular weight excluding hydrogens is 280 g/mol. The molecule has 20 heavy (non-hydrogen) atoms. The predicted molar refractivity (Wildman–Crippen MR) is 78.9 cm³/mol. The molecule has 0 aromatic carbocycles. The summed E-state index contributed by atoms with van der Waals surface area (Å²) < 4.78 is 4.80. The molecule has 2 fully saturated rings. The quantitative estimate of drug-likeness (QED) is 0.800. The average Bonchev–Trinajstić information content (AvgIpc) is 2.97. The Balaban J connectivity index is 0.00000200. The third-order valence-corrected chi connectivity index (χ3v) is 4.17. The number of methoxy groups -OCH3 is 1. The van der Waals surface area contributed by atoms with Crippen molar-refractivity contribution in [3.63, 3.8) is 0 Å². The summed E-state index contributed by atoms with van der Waals surface area (Å²) in [5, 5.41) is 3.40. The van der Waals surface area contributed by atoms with Crippen LogP contribution < -0.4 is 5.32 Å². The lowest BCUT2D eigenvalue weighted by Crippen LogP contribution is -2.48. The highest BCUT2D eigenvalue weighted by molar-refractivity contribution is 5.85. The molecule has 0 radical (unpaired) electrons. The van der Waals surface area contributed by atoms with Gasteiger partial charge in [-0.3, -0.25) is 4.79 Å². The highest BCUT2D eigenvalue weighted by Gasteiger charge is 2.32. The number of carbonyl (C=O) groups excluding carboxylic acids is 2. The molecule has 0 bridgehead atoms. The predicted octanol–water partition coefficient (Wildman–Crippen LogP) is 1.49. The van der Waals surface area contributed by atoms with Gasteiger partial charge in [-0.15, -0.1) is 12.4 Å². The molecule has 2 heterocycles. The summed E-state index contributed by atoms with van der Waals surface area (Å²) in [4.78, 5) is 25.7. The molecule has 0 aromatic heterocycles. The molecule has 116 valence electrons. The van der Waals surface area contributed by atoms with E-state index < -0.39 is 0 Å². The fraction of sp³-hybridized carbons (Fsp3) is 0.857. The lowest BCUT2D eigenvalue weighted by atomic mass is 10.0. The fourth-order valence-electron chi connectivity index (χ4n) is 3.06. The second kappa shape index (κ2) is 8.47. The lowest BCUT2D eigenvalue weighted by Gasteiger charge is -2.34. The van der Waals surface area contributed by atoms with Crippen molar-refractivity contribution < 1.29 is 14.3 Å².